The highest BCUT2D eigenvalue weighted by Gasteiger charge is 2.36. The van der Waals surface area contributed by atoms with Crippen LogP contribution in [0.15, 0.2) is 30.7 Å². The Labute approximate surface area is 149 Å². The molecule has 0 bridgehead atoms. The number of fused-ring (bicyclic) bond motifs is 1. The van der Waals surface area contributed by atoms with Crippen LogP contribution in [0.5, 0.6) is 0 Å². The van der Waals surface area contributed by atoms with Gasteiger partial charge < -0.3 is 5.32 Å². The lowest BCUT2D eigenvalue weighted by molar-refractivity contribution is -0.129. The van der Waals surface area contributed by atoms with E-state index in [9.17, 15) is 4.79 Å². The highest BCUT2D eigenvalue weighted by atomic mass is 16.2. The molecule has 1 amide bonds. The SMILES string of the molecule is CC1(C)Cc2nc(-c3cccnc3)ncc2[C@H](NC(=O)C(C)(C)C)C1. The van der Waals surface area contributed by atoms with Gasteiger partial charge in [-0.3, -0.25) is 9.78 Å². The van der Waals surface area contributed by atoms with Crippen LogP contribution in [-0.4, -0.2) is 20.9 Å². The van der Waals surface area contributed by atoms with E-state index in [2.05, 4.69) is 29.1 Å². The molecule has 3 rings (SSSR count). The van der Waals surface area contributed by atoms with Crippen molar-refractivity contribution in [2.75, 3.05) is 0 Å². The number of nitrogens with one attached hydrogen (secondary N) is 1. The van der Waals surface area contributed by atoms with Crippen molar-refractivity contribution in [3.63, 3.8) is 0 Å². The highest BCUT2D eigenvalue weighted by molar-refractivity contribution is 5.81. The van der Waals surface area contributed by atoms with Gasteiger partial charge in [-0.15, -0.1) is 0 Å². The summed E-state index contributed by atoms with van der Waals surface area (Å²) in [6.07, 6.45) is 7.14. The van der Waals surface area contributed by atoms with E-state index in [-0.39, 0.29) is 17.4 Å². The normalized spacial score (nSPS) is 19.2. The zero-order chi connectivity index (χ0) is 18.2. The molecule has 1 aliphatic rings. The van der Waals surface area contributed by atoms with Gasteiger partial charge in [0.2, 0.25) is 5.91 Å². The van der Waals surface area contributed by atoms with Crippen molar-refractivity contribution in [1.29, 1.82) is 0 Å². The Bertz CT molecular complexity index is 778. The third-order valence-corrected chi connectivity index (χ3v) is 4.58. The largest absolute Gasteiger partial charge is 0.349 e. The summed E-state index contributed by atoms with van der Waals surface area (Å²) in [5.74, 6) is 0.739. The van der Waals surface area contributed by atoms with Gasteiger partial charge in [0.05, 0.1) is 11.7 Å². The van der Waals surface area contributed by atoms with Crippen LogP contribution in [0.1, 0.15) is 58.3 Å². The minimum atomic E-state index is -0.418. The van der Waals surface area contributed by atoms with Crippen molar-refractivity contribution in [3.8, 4) is 11.4 Å². The van der Waals surface area contributed by atoms with Gasteiger partial charge in [-0.25, -0.2) is 9.97 Å². The summed E-state index contributed by atoms with van der Waals surface area (Å²) < 4.78 is 0. The summed E-state index contributed by atoms with van der Waals surface area (Å²) in [7, 11) is 0. The van der Waals surface area contributed by atoms with Crippen LogP contribution in [-0.2, 0) is 11.2 Å². The highest BCUT2D eigenvalue weighted by Crippen LogP contribution is 2.40. The summed E-state index contributed by atoms with van der Waals surface area (Å²) in [5, 5.41) is 3.20. The number of pyridine rings is 1. The number of carbonyl (C=O) groups is 1. The first-order valence-corrected chi connectivity index (χ1v) is 8.73. The standard InChI is InChI=1S/C20H26N4O/c1-19(2,3)18(25)24-16-10-20(4,5)9-15-14(16)12-22-17(23-15)13-7-6-8-21-11-13/h6-8,11-12,16H,9-10H2,1-5H3,(H,24,25)/t16-/m1/s1. The molecular formula is C20H26N4O. The van der Waals surface area contributed by atoms with Gasteiger partial charge in [-0.1, -0.05) is 34.6 Å². The Hall–Kier alpha value is -2.30. The maximum Gasteiger partial charge on any atom is 0.225 e. The minimum Gasteiger partial charge on any atom is -0.349 e. The van der Waals surface area contributed by atoms with Crippen molar-refractivity contribution >= 4 is 5.91 Å². The molecule has 2 heterocycles. The molecule has 0 saturated heterocycles. The molecule has 5 nitrogen and oxygen atoms in total. The Balaban J connectivity index is 1.96. The maximum absolute atomic E-state index is 12.5. The predicted molar refractivity (Wildman–Crippen MR) is 97.7 cm³/mol. The molecule has 25 heavy (non-hydrogen) atoms. The topological polar surface area (TPSA) is 67.8 Å². The van der Waals surface area contributed by atoms with Gasteiger partial charge >= 0.3 is 0 Å². The lowest BCUT2D eigenvalue weighted by atomic mass is 9.74. The molecule has 1 aliphatic carbocycles. The van der Waals surface area contributed by atoms with E-state index in [1.807, 2.05) is 39.1 Å². The van der Waals surface area contributed by atoms with Crippen LogP contribution >= 0.6 is 0 Å². The van der Waals surface area contributed by atoms with Crippen molar-refractivity contribution in [2.24, 2.45) is 10.8 Å². The van der Waals surface area contributed by atoms with Crippen molar-refractivity contribution in [2.45, 2.75) is 53.5 Å². The van der Waals surface area contributed by atoms with Gasteiger partial charge in [0.15, 0.2) is 5.82 Å². The summed E-state index contributed by atoms with van der Waals surface area (Å²) in [5.41, 5.74) is 2.61. The predicted octanol–water partition coefficient (Wildman–Crippen LogP) is 3.71. The second-order valence-electron chi connectivity index (χ2n) is 8.66. The second-order valence-corrected chi connectivity index (χ2v) is 8.66. The Morgan fingerprint density at radius 3 is 2.68 bits per heavy atom. The molecular weight excluding hydrogens is 312 g/mol. The quantitative estimate of drug-likeness (QED) is 0.906. The summed E-state index contributed by atoms with van der Waals surface area (Å²) in [6.45, 7) is 10.2. The fraction of sp³-hybridized carbons (Fsp3) is 0.500. The van der Waals surface area contributed by atoms with E-state index >= 15 is 0 Å². The Morgan fingerprint density at radius 2 is 2.04 bits per heavy atom. The molecule has 0 unspecified atom stereocenters. The molecule has 1 N–H and O–H groups in total. The minimum absolute atomic E-state index is 0.0478. The fourth-order valence-electron chi connectivity index (χ4n) is 3.18. The molecule has 0 saturated carbocycles. The first-order valence-electron chi connectivity index (χ1n) is 8.73. The first-order chi connectivity index (χ1) is 11.7. The first kappa shape index (κ1) is 17.5. The van der Waals surface area contributed by atoms with Gasteiger partial charge in [-0.05, 0) is 30.4 Å². The fourth-order valence-corrected chi connectivity index (χ4v) is 3.18. The van der Waals surface area contributed by atoms with Crippen LogP contribution in [0.2, 0.25) is 0 Å². The Morgan fingerprint density at radius 1 is 1.28 bits per heavy atom. The summed E-state index contributed by atoms with van der Waals surface area (Å²) in [6, 6.07) is 3.80. The van der Waals surface area contributed by atoms with Crippen molar-refractivity contribution < 1.29 is 4.79 Å². The zero-order valence-electron chi connectivity index (χ0n) is 15.6. The second kappa shape index (κ2) is 6.21. The third-order valence-electron chi connectivity index (χ3n) is 4.58. The average Bonchev–Trinajstić information content (AvgIpc) is 2.53. The van der Waals surface area contributed by atoms with E-state index in [4.69, 9.17) is 4.98 Å². The van der Waals surface area contributed by atoms with Crippen LogP contribution in [0, 0.1) is 10.8 Å². The number of nitrogens with zero attached hydrogens (tertiary/aromatic N) is 3. The summed E-state index contributed by atoms with van der Waals surface area (Å²) in [4.78, 5) is 26.0. The molecule has 0 aromatic carbocycles. The lowest BCUT2D eigenvalue weighted by Crippen LogP contribution is -2.41. The molecule has 1 atom stereocenters. The molecule has 0 fully saturated rings. The van der Waals surface area contributed by atoms with Crippen LogP contribution in [0.25, 0.3) is 11.4 Å². The lowest BCUT2D eigenvalue weighted by Gasteiger charge is -2.37. The van der Waals surface area contributed by atoms with Crippen molar-refractivity contribution in [3.05, 3.63) is 42.0 Å². The van der Waals surface area contributed by atoms with Gasteiger partial charge in [-0.2, -0.15) is 0 Å². The van der Waals surface area contributed by atoms with E-state index in [0.29, 0.717) is 5.82 Å². The van der Waals surface area contributed by atoms with Gasteiger partial charge in [0.1, 0.15) is 0 Å². The molecule has 5 heteroatoms. The third kappa shape index (κ3) is 3.86. The molecule has 0 aliphatic heterocycles. The molecule has 2 aromatic heterocycles. The number of amides is 1. The van der Waals surface area contributed by atoms with Crippen LogP contribution < -0.4 is 5.32 Å². The van der Waals surface area contributed by atoms with E-state index < -0.39 is 5.41 Å². The summed E-state index contributed by atoms with van der Waals surface area (Å²) >= 11 is 0. The van der Waals surface area contributed by atoms with E-state index in [1.165, 1.54) is 0 Å². The van der Waals surface area contributed by atoms with Gasteiger partial charge in [0, 0.05) is 35.1 Å². The molecule has 2 aromatic rings. The number of hydrogen-bond donors (Lipinski definition) is 1. The monoisotopic (exact) mass is 338 g/mol. The molecule has 132 valence electrons. The van der Waals surface area contributed by atoms with Crippen molar-refractivity contribution in [1.82, 2.24) is 20.3 Å². The van der Waals surface area contributed by atoms with E-state index in [0.717, 1.165) is 29.7 Å². The van der Waals surface area contributed by atoms with Crippen LogP contribution in [0.3, 0.4) is 0 Å². The number of rotatable bonds is 2. The van der Waals surface area contributed by atoms with Gasteiger partial charge in [0.25, 0.3) is 0 Å². The molecule has 0 radical (unpaired) electrons. The average molecular weight is 338 g/mol. The van der Waals surface area contributed by atoms with E-state index in [1.54, 1.807) is 12.4 Å². The number of hydrogen-bond acceptors (Lipinski definition) is 4. The number of carbonyl (C=O) groups excluding carboxylic acids is 1. The Kier molecular flexibility index (Phi) is 4.35. The number of aromatic nitrogens is 3. The molecule has 0 spiro atoms. The maximum atomic E-state index is 12.5. The zero-order valence-corrected chi connectivity index (χ0v) is 15.6. The van der Waals surface area contributed by atoms with Crippen LogP contribution in [0.4, 0.5) is 0 Å². The smallest absolute Gasteiger partial charge is 0.225 e.